The van der Waals surface area contributed by atoms with E-state index in [1.165, 1.54) is 6.92 Å². The van der Waals surface area contributed by atoms with Gasteiger partial charge in [-0.1, -0.05) is 0 Å². The van der Waals surface area contributed by atoms with E-state index >= 15 is 0 Å². The van der Waals surface area contributed by atoms with Crippen molar-refractivity contribution in [1.29, 1.82) is 0 Å². The zero-order chi connectivity index (χ0) is 11.8. The number of aliphatic hydroxyl groups is 1. The molecule has 0 radical (unpaired) electrons. The summed E-state index contributed by atoms with van der Waals surface area (Å²) < 4.78 is 62.0. The lowest BCUT2D eigenvalue weighted by atomic mass is 10.1. The topological polar surface area (TPSA) is 20.2 Å². The van der Waals surface area contributed by atoms with Crippen molar-refractivity contribution >= 4 is 0 Å². The van der Waals surface area contributed by atoms with Crippen LogP contribution in [0.3, 0.4) is 0 Å². The third-order valence-electron chi connectivity index (χ3n) is 1.81. The van der Waals surface area contributed by atoms with Crippen molar-refractivity contribution in [2.75, 3.05) is 0 Å². The minimum absolute atomic E-state index is 0.142. The number of hydrogen-bond acceptors (Lipinski definition) is 1. The second-order valence-electron chi connectivity index (χ2n) is 3.09. The van der Waals surface area contributed by atoms with Gasteiger partial charge in [-0.15, -0.1) is 0 Å². The first-order valence-electron chi connectivity index (χ1n) is 3.94. The summed E-state index contributed by atoms with van der Waals surface area (Å²) in [6.45, 7) is 1.33. The average Bonchev–Trinajstić information content (AvgIpc) is 1.99. The summed E-state index contributed by atoms with van der Waals surface area (Å²) in [7, 11) is 0. The van der Waals surface area contributed by atoms with Gasteiger partial charge in [0.2, 0.25) is 0 Å². The number of alkyl halides is 3. The van der Waals surface area contributed by atoms with Gasteiger partial charge < -0.3 is 5.11 Å². The third kappa shape index (κ3) is 2.44. The summed E-state index contributed by atoms with van der Waals surface area (Å²) >= 11 is 0. The number of aryl methyl sites for hydroxylation is 1. The molecule has 1 aromatic rings. The van der Waals surface area contributed by atoms with Crippen LogP contribution in [-0.4, -0.2) is 11.3 Å². The molecule has 1 atom stereocenters. The molecule has 0 aliphatic carbocycles. The van der Waals surface area contributed by atoms with Crippen LogP contribution in [-0.2, 0) is 0 Å². The third-order valence-corrected chi connectivity index (χ3v) is 1.81. The van der Waals surface area contributed by atoms with Crippen LogP contribution in [0.25, 0.3) is 0 Å². The molecule has 0 aliphatic heterocycles. The molecule has 1 rings (SSSR count). The molecular weight excluding hydrogens is 219 g/mol. The Kier molecular flexibility index (Phi) is 2.99. The van der Waals surface area contributed by atoms with Crippen molar-refractivity contribution in [3.8, 4) is 0 Å². The van der Waals surface area contributed by atoms with Crippen LogP contribution >= 0.6 is 0 Å². The fraction of sp³-hybridized carbons (Fsp3) is 0.333. The number of rotatable bonds is 1. The van der Waals surface area contributed by atoms with E-state index in [9.17, 15) is 22.0 Å². The highest BCUT2D eigenvalue weighted by molar-refractivity contribution is 5.27. The maximum atomic E-state index is 13.0. The second-order valence-corrected chi connectivity index (χ2v) is 3.09. The molecule has 84 valence electrons. The summed E-state index contributed by atoms with van der Waals surface area (Å²) in [5, 5.41) is 8.70. The van der Waals surface area contributed by atoms with Crippen molar-refractivity contribution < 1.29 is 27.1 Å². The lowest BCUT2D eigenvalue weighted by Crippen LogP contribution is -2.22. The maximum absolute atomic E-state index is 13.0. The first-order chi connectivity index (χ1) is 6.73. The minimum Gasteiger partial charge on any atom is -0.379 e. The van der Waals surface area contributed by atoms with Gasteiger partial charge in [-0.25, -0.2) is 8.78 Å². The number of halogens is 5. The second kappa shape index (κ2) is 3.77. The van der Waals surface area contributed by atoms with Gasteiger partial charge in [-0.3, -0.25) is 0 Å². The van der Waals surface area contributed by atoms with E-state index in [0.717, 1.165) is 12.1 Å². The summed E-state index contributed by atoms with van der Waals surface area (Å²) in [5.74, 6) is -2.81. The monoisotopic (exact) mass is 226 g/mol. The molecule has 1 unspecified atom stereocenters. The van der Waals surface area contributed by atoms with Gasteiger partial charge in [0.1, 0.15) is 11.6 Å². The zero-order valence-electron chi connectivity index (χ0n) is 7.57. The van der Waals surface area contributed by atoms with Gasteiger partial charge in [-0.05, 0) is 24.6 Å². The lowest BCUT2D eigenvalue weighted by molar-refractivity contribution is -0.208. The van der Waals surface area contributed by atoms with E-state index in [4.69, 9.17) is 5.11 Å². The summed E-state index contributed by atoms with van der Waals surface area (Å²) in [5.41, 5.74) is -1.23. The van der Waals surface area contributed by atoms with Gasteiger partial charge in [0.15, 0.2) is 6.10 Å². The van der Waals surface area contributed by atoms with Crippen LogP contribution in [0.1, 0.15) is 17.2 Å². The number of aliphatic hydroxyl groups excluding tert-OH is 1. The first-order valence-corrected chi connectivity index (χ1v) is 3.94. The van der Waals surface area contributed by atoms with Gasteiger partial charge in [0.25, 0.3) is 0 Å². The fourth-order valence-corrected chi connectivity index (χ4v) is 1.14. The van der Waals surface area contributed by atoms with Crippen LogP contribution in [0.15, 0.2) is 12.1 Å². The van der Waals surface area contributed by atoms with E-state index in [1.807, 2.05) is 0 Å². The van der Waals surface area contributed by atoms with Crippen LogP contribution < -0.4 is 0 Å². The van der Waals surface area contributed by atoms with Crippen molar-refractivity contribution in [2.45, 2.75) is 19.2 Å². The van der Waals surface area contributed by atoms with E-state index in [1.54, 1.807) is 0 Å². The van der Waals surface area contributed by atoms with Crippen LogP contribution in [0.4, 0.5) is 22.0 Å². The molecule has 1 N–H and O–H groups in total. The molecule has 15 heavy (non-hydrogen) atoms. The molecule has 1 aromatic carbocycles. The number of benzene rings is 1. The Morgan fingerprint density at radius 1 is 1.13 bits per heavy atom. The molecule has 6 heteroatoms. The summed E-state index contributed by atoms with van der Waals surface area (Å²) in [6.07, 6.45) is -8.23. The Balaban J connectivity index is 3.26. The van der Waals surface area contributed by atoms with Crippen molar-refractivity contribution in [1.82, 2.24) is 0 Å². The Hall–Kier alpha value is -1.17. The quantitative estimate of drug-likeness (QED) is 0.730. The first kappa shape index (κ1) is 11.9. The summed E-state index contributed by atoms with van der Waals surface area (Å²) in [6, 6.07) is 1.46. The molecule has 0 aromatic heterocycles. The van der Waals surface area contributed by atoms with Gasteiger partial charge in [0, 0.05) is 0 Å². The SMILES string of the molecule is Cc1cc(F)c(C(O)C(F)(F)F)c(F)c1. The molecule has 0 heterocycles. The highest BCUT2D eigenvalue weighted by Crippen LogP contribution is 2.35. The van der Waals surface area contributed by atoms with Crippen LogP contribution in [0, 0.1) is 18.6 Å². The van der Waals surface area contributed by atoms with Crippen LogP contribution in [0.5, 0.6) is 0 Å². The Bertz CT molecular complexity index is 348. The molecule has 1 nitrogen and oxygen atoms in total. The molecule has 0 aliphatic rings. The number of hydrogen-bond donors (Lipinski definition) is 1. The fourth-order valence-electron chi connectivity index (χ4n) is 1.14. The molecule has 0 saturated carbocycles. The van der Waals surface area contributed by atoms with E-state index < -0.39 is 29.5 Å². The van der Waals surface area contributed by atoms with Crippen LogP contribution in [0.2, 0.25) is 0 Å². The van der Waals surface area contributed by atoms with Gasteiger partial charge in [-0.2, -0.15) is 13.2 Å². The van der Waals surface area contributed by atoms with Crippen molar-refractivity contribution in [3.05, 3.63) is 34.9 Å². The smallest absolute Gasteiger partial charge is 0.379 e. The summed E-state index contributed by atoms with van der Waals surface area (Å²) in [4.78, 5) is 0. The van der Waals surface area contributed by atoms with Crippen molar-refractivity contribution in [2.24, 2.45) is 0 Å². The highest BCUT2D eigenvalue weighted by atomic mass is 19.4. The van der Waals surface area contributed by atoms with E-state index in [-0.39, 0.29) is 5.56 Å². The molecule has 0 saturated heterocycles. The highest BCUT2D eigenvalue weighted by Gasteiger charge is 2.42. The van der Waals surface area contributed by atoms with Gasteiger partial charge in [0.05, 0.1) is 5.56 Å². The lowest BCUT2D eigenvalue weighted by Gasteiger charge is -2.16. The van der Waals surface area contributed by atoms with Crippen molar-refractivity contribution in [3.63, 3.8) is 0 Å². The zero-order valence-corrected chi connectivity index (χ0v) is 7.57. The largest absolute Gasteiger partial charge is 0.418 e. The Labute approximate surface area is 82.1 Å². The van der Waals surface area contributed by atoms with E-state index in [2.05, 4.69) is 0 Å². The average molecular weight is 226 g/mol. The predicted octanol–water partition coefficient (Wildman–Crippen LogP) is 2.87. The molecule has 0 amide bonds. The molecule has 0 spiro atoms. The predicted molar refractivity (Wildman–Crippen MR) is 42.1 cm³/mol. The molecule has 0 bridgehead atoms. The Morgan fingerprint density at radius 3 is 1.87 bits per heavy atom. The van der Waals surface area contributed by atoms with Gasteiger partial charge >= 0.3 is 6.18 Å². The molecule has 0 fully saturated rings. The van der Waals surface area contributed by atoms with E-state index in [0.29, 0.717) is 0 Å². The standard InChI is InChI=1S/C9H7F5O/c1-4-2-5(10)7(6(11)3-4)8(15)9(12,13)14/h2-3,8,15H,1H3. The minimum atomic E-state index is -5.09. The Morgan fingerprint density at radius 2 is 1.53 bits per heavy atom. The molecular formula is C9H7F5O. The maximum Gasteiger partial charge on any atom is 0.418 e. The normalized spacial score (nSPS) is 14.1.